The quantitative estimate of drug-likeness (QED) is 0.614. The van der Waals surface area contributed by atoms with Gasteiger partial charge in [-0.3, -0.25) is 0 Å². The Morgan fingerprint density at radius 3 is 2.48 bits per heavy atom. The molecule has 1 aromatic heterocycles. The minimum Gasteiger partial charge on any atom is -0.748 e. The third-order valence-electron chi connectivity index (χ3n) is 4.06. The SMILES string of the molecule is CC(C)(C)[Si](C)(C)OCc1cc(CCCS(=O)(=O)[O-])c[nH]1. The first-order valence-electron chi connectivity index (χ1n) is 7.14. The van der Waals surface area contributed by atoms with Crippen LogP contribution in [0.3, 0.4) is 0 Å². The summed E-state index contributed by atoms with van der Waals surface area (Å²) in [6.45, 7) is 11.5. The Morgan fingerprint density at radius 1 is 1.33 bits per heavy atom. The van der Waals surface area contributed by atoms with E-state index in [-0.39, 0.29) is 10.8 Å². The van der Waals surface area contributed by atoms with Gasteiger partial charge in [-0.05, 0) is 42.6 Å². The topological polar surface area (TPSA) is 82.2 Å². The Hall–Kier alpha value is -0.633. The second-order valence-electron chi connectivity index (χ2n) is 6.95. The number of rotatable bonds is 7. The van der Waals surface area contributed by atoms with E-state index in [0.29, 0.717) is 19.4 Å². The molecule has 7 heteroatoms. The van der Waals surface area contributed by atoms with Gasteiger partial charge in [-0.1, -0.05) is 20.8 Å². The van der Waals surface area contributed by atoms with Crippen molar-refractivity contribution in [3.63, 3.8) is 0 Å². The minimum atomic E-state index is -4.11. The van der Waals surface area contributed by atoms with Gasteiger partial charge in [0.25, 0.3) is 0 Å². The van der Waals surface area contributed by atoms with Crippen LogP contribution in [0.1, 0.15) is 38.4 Å². The molecule has 1 aromatic rings. The highest BCUT2D eigenvalue weighted by molar-refractivity contribution is 7.85. The van der Waals surface area contributed by atoms with E-state index in [9.17, 15) is 13.0 Å². The van der Waals surface area contributed by atoms with E-state index in [1.54, 1.807) is 0 Å². The molecule has 0 atom stereocenters. The van der Waals surface area contributed by atoms with Crippen molar-refractivity contribution in [2.45, 2.75) is 58.4 Å². The molecular formula is C14H26NO4SSi-. The van der Waals surface area contributed by atoms with Crippen LogP contribution in [0.5, 0.6) is 0 Å². The van der Waals surface area contributed by atoms with E-state index in [2.05, 4.69) is 38.8 Å². The molecule has 1 heterocycles. The number of hydrogen-bond donors (Lipinski definition) is 1. The zero-order valence-corrected chi connectivity index (χ0v) is 15.3. The number of H-pyrrole nitrogens is 1. The summed E-state index contributed by atoms with van der Waals surface area (Å²) in [5.74, 6) is -0.312. The molecular weight excluding hydrogens is 306 g/mol. The van der Waals surface area contributed by atoms with Crippen LogP contribution in [0, 0.1) is 0 Å². The first-order valence-corrected chi connectivity index (χ1v) is 11.6. The molecule has 0 saturated heterocycles. The van der Waals surface area contributed by atoms with Gasteiger partial charge >= 0.3 is 0 Å². The fourth-order valence-corrected chi connectivity index (χ4v) is 3.10. The van der Waals surface area contributed by atoms with Gasteiger partial charge in [-0.25, -0.2) is 8.42 Å². The molecule has 0 aliphatic heterocycles. The molecule has 5 nitrogen and oxygen atoms in total. The molecule has 0 saturated carbocycles. The molecule has 0 aliphatic rings. The summed E-state index contributed by atoms with van der Waals surface area (Å²) in [4.78, 5) is 3.15. The zero-order chi connectivity index (χ0) is 16.3. The van der Waals surface area contributed by atoms with E-state index in [4.69, 9.17) is 4.43 Å². The lowest BCUT2D eigenvalue weighted by Crippen LogP contribution is -2.40. The molecule has 0 radical (unpaired) electrons. The van der Waals surface area contributed by atoms with Crippen molar-refractivity contribution >= 4 is 18.4 Å². The van der Waals surface area contributed by atoms with Crippen molar-refractivity contribution in [1.29, 1.82) is 0 Å². The summed E-state index contributed by atoms with van der Waals surface area (Å²) in [7, 11) is -5.88. The van der Waals surface area contributed by atoms with E-state index in [1.165, 1.54) is 0 Å². The van der Waals surface area contributed by atoms with Gasteiger partial charge in [0.05, 0.1) is 16.7 Å². The third kappa shape index (κ3) is 6.33. The number of hydrogen-bond acceptors (Lipinski definition) is 4. The van der Waals surface area contributed by atoms with Crippen LogP contribution in [0.15, 0.2) is 12.3 Å². The highest BCUT2D eigenvalue weighted by atomic mass is 32.2. The van der Waals surface area contributed by atoms with Crippen LogP contribution in [-0.2, 0) is 27.6 Å². The summed E-state index contributed by atoms with van der Waals surface area (Å²) in [6, 6.07) is 1.98. The molecule has 0 bridgehead atoms. The van der Waals surface area contributed by atoms with Crippen molar-refractivity contribution in [2.75, 3.05) is 5.75 Å². The Balaban J connectivity index is 2.49. The van der Waals surface area contributed by atoms with Crippen LogP contribution in [0.25, 0.3) is 0 Å². The molecule has 1 rings (SSSR count). The van der Waals surface area contributed by atoms with Crippen molar-refractivity contribution in [1.82, 2.24) is 4.98 Å². The van der Waals surface area contributed by atoms with Crippen molar-refractivity contribution in [3.05, 3.63) is 23.5 Å². The van der Waals surface area contributed by atoms with Crippen molar-refractivity contribution in [2.24, 2.45) is 0 Å². The summed E-state index contributed by atoms with van der Waals surface area (Å²) >= 11 is 0. The lowest BCUT2D eigenvalue weighted by Gasteiger charge is -2.36. The summed E-state index contributed by atoms with van der Waals surface area (Å²) in [6.07, 6.45) is 2.78. The van der Waals surface area contributed by atoms with Gasteiger partial charge in [0.2, 0.25) is 0 Å². The molecule has 0 spiro atoms. The third-order valence-corrected chi connectivity index (χ3v) is 9.32. The van der Waals surface area contributed by atoms with Gasteiger partial charge < -0.3 is 14.0 Å². The number of aromatic nitrogens is 1. The molecule has 122 valence electrons. The zero-order valence-electron chi connectivity index (χ0n) is 13.5. The maximum atomic E-state index is 10.6. The highest BCUT2D eigenvalue weighted by Gasteiger charge is 2.37. The Bertz CT molecular complexity index is 558. The molecule has 0 fully saturated rings. The van der Waals surface area contributed by atoms with Gasteiger partial charge in [0.15, 0.2) is 8.32 Å². The lowest BCUT2D eigenvalue weighted by molar-refractivity contribution is 0.272. The van der Waals surface area contributed by atoms with Crippen LogP contribution >= 0.6 is 0 Å². The second-order valence-corrected chi connectivity index (χ2v) is 13.3. The average molecular weight is 333 g/mol. The van der Waals surface area contributed by atoms with Gasteiger partial charge in [0, 0.05) is 17.6 Å². The number of nitrogens with one attached hydrogen (secondary N) is 1. The first kappa shape index (κ1) is 18.4. The molecule has 1 N–H and O–H groups in total. The van der Waals surface area contributed by atoms with Gasteiger partial charge in [-0.2, -0.15) is 0 Å². The maximum absolute atomic E-state index is 10.6. The van der Waals surface area contributed by atoms with Gasteiger partial charge in [0.1, 0.15) is 0 Å². The predicted molar refractivity (Wildman–Crippen MR) is 85.7 cm³/mol. The fourth-order valence-electron chi connectivity index (χ4n) is 1.65. The largest absolute Gasteiger partial charge is 0.748 e. The smallest absolute Gasteiger partial charge is 0.192 e. The van der Waals surface area contributed by atoms with Crippen LogP contribution in [0.4, 0.5) is 0 Å². The first-order chi connectivity index (χ1) is 9.41. The van der Waals surface area contributed by atoms with Crippen LogP contribution in [0.2, 0.25) is 18.1 Å². The fraction of sp³-hybridized carbons (Fsp3) is 0.714. The molecule has 0 unspecified atom stereocenters. The normalized spacial score (nSPS) is 13.6. The second kappa shape index (κ2) is 6.64. The monoisotopic (exact) mass is 332 g/mol. The summed E-state index contributed by atoms with van der Waals surface area (Å²) in [5.41, 5.74) is 1.99. The maximum Gasteiger partial charge on any atom is 0.192 e. The molecule has 21 heavy (non-hydrogen) atoms. The van der Waals surface area contributed by atoms with Crippen molar-refractivity contribution < 1.29 is 17.4 Å². The van der Waals surface area contributed by atoms with E-state index < -0.39 is 18.4 Å². The molecule has 0 aromatic carbocycles. The minimum absolute atomic E-state index is 0.172. The number of aromatic amines is 1. The average Bonchev–Trinajstić information content (AvgIpc) is 2.71. The Morgan fingerprint density at radius 2 is 1.95 bits per heavy atom. The standard InChI is InChI=1S/C14H27NO4SSi/c1-14(2,3)21(4,5)19-11-13-9-12(10-15-13)7-6-8-20(16,17)18/h9-10,15H,6-8,11H2,1-5H3,(H,16,17,18)/p-1. The Labute approximate surface area is 129 Å². The van der Waals surface area contributed by atoms with E-state index >= 15 is 0 Å². The molecule has 0 amide bonds. The van der Waals surface area contributed by atoms with Crippen molar-refractivity contribution in [3.8, 4) is 0 Å². The summed E-state index contributed by atoms with van der Waals surface area (Å²) < 4.78 is 37.8. The molecule has 0 aliphatic carbocycles. The highest BCUT2D eigenvalue weighted by Crippen LogP contribution is 2.37. The van der Waals surface area contributed by atoms with E-state index in [0.717, 1.165) is 11.3 Å². The van der Waals surface area contributed by atoms with Crippen LogP contribution < -0.4 is 0 Å². The Kier molecular flexibility index (Phi) is 5.82. The summed E-state index contributed by atoms with van der Waals surface area (Å²) in [5, 5.41) is 0.172. The van der Waals surface area contributed by atoms with Crippen LogP contribution in [-0.4, -0.2) is 32.0 Å². The number of aryl methyl sites for hydroxylation is 1. The predicted octanol–water partition coefficient (Wildman–Crippen LogP) is 3.01. The lowest BCUT2D eigenvalue weighted by atomic mass is 10.2. The van der Waals surface area contributed by atoms with Gasteiger partial charge in [-0.15, -0.1) is 0 Å². The van der Waals surface area contributed by atoms with E-state index in [1.807, 2.05) is 12.3 Å².